The molecule has 0 saturated heterocycles. The molecule has 0 saturated carbocycles. The quantitative estimate of drug-likeness (QED) is 0.478. The summed E-state index contributed by atoms with van der Waals surface area (Å²) < 4.78 is 5.61. The van der Waals surface area contributed by atoms with Gasteiger partial charge in [0.05, 0.1) is 6.21 Å². The summed E-state index contributed by atoms with van der Waals surface area (Å²) in [6.45, 7) is 1.81. The Morgan fingerprint density at radius 1 is 0.931 bits per heavy atom. The Morgan fingerprint density at radius 2 is 1.62 bits per heavy atom. The average molecular weight is 387 g/mol. The third kappa shape index (κ3) is 6.04. The highest BCUT2D eigenvalue weighted by atomic mass is 16.5. The first-order valence-corrected chi connectivity index (χ1v) is 9.08. The first-order chi connectivity index (χ1) is 14.1. The zero-order chi connectivity index (χ0) is 20.5. The molecule has 0 aliphatic carbocycles. The number of hydrogen-bond acceptors (Lipinski definition) is 4. The lowest BCUT2D eigenvalue weighted by Crippen LogP contribution is -2.20. The van der Waals surface area contributed by atoms with Crippen LogP contribution in [0.5, 0.6) is 5.75 Å². The van der Waals surface area contributed by atoms with Crippen molar-refractivity contribution in [2.24, 2.45) is 5.10 Å². The highest BCUT2D eigenvalue weighted by Gasteiger charge is 2.07. The van der Waals surface area contributed by atoms with E-state index in [4.69, 9.17) is 4.74 Å². The average Bonchev–Trinajstić information content (AvgIpc) is 2.74. The van der Waals surface area contributed by atoms with Crippen LogP contribution in [0.1, 0.15) is 21.5 Å². The van der Waals surface area contributed by atoms with Crippen LogP contribution in [0.3, 0.4) is 0 Å². The van der Waals surface area contributed by atoms with E-state index in [1.54, 1.807) is 42.5 Å². The smallest absolute Gasteiger partial charge is 0.271 e. The number of para-hydroxylation sites is 2. The van der Waals surface area contributed by atoms with Gasteiger partial charge in [-0.3, -0.25) is 9.59 Å². The van der Waals surface area contributed by atoms with E-state index in [1.165, 1.54) is 6.21 Å². The predicted molar refractivity (Wildman–Crippen MR) is 113 cm³/mol. The van der Waals surface area contributed by atoms with E-state index in [-0.39, 0.29) is 18.4 Å². The van der Waals surface area contributed by atoms with Gasteiger partial charge in [0, 0.05) is 16.8 Å². The Labute approximate surface area is 169 Å². The minimum Gasteiger partial charge on any atom is -0.483 e. The number of nitrogens with one attached hydrogen (secondary N) is 2. The number of benzene rings is 3. The lowest BCUT2D eigenvalue weighted by molar-refractivity contribution is -0.118. The molecule has 6 nitrogen and oxygen atoms in total. The van der Waals surface area contributed by atoms with Gasteiger partial charge in [0.2, 0.25) is 0 Å². The van der Waals surface area contributed by atoms with Crippen molar-refractivity contribution >= 4 is 23.7 Å². The number of nitrogens with zero attached hydrogens (tertiary/aromatic N) is 1. The second-order valence-corrected chi connectivity index (χ2v) is 6.31. The minimum absolute atomic E-state index is 0.143. The maximum atomic E-state index is 12.1. The number of amides is 2. The highest BCUT2D eigenvalue weighted by Crippen LogP contribution is 2.16. The molecule has 29 heavy (non-hydrogen) atoms. The molecule has 2 amide bonds. The number of anilines is 1. The molecular formula is C23H21N3O3. The van der Waals surface area contributed by atoms with Gasteiger partial charge in [0.25, 0.3) is 11.8 Å². The molecule has 0 aliphatic rings. The van der Waals surface area contributed by atoms with Gasteiger partial charge in [0.15, 0.2) is 6.61 Å². The van der Waals surface area contributed by atoms with Gasteiger partial charge in [-0.25, -0.2) is 5.43 Å². The summed E-state index contributed by atoms with van der Waals surface area (Å²) in [6, 6.07) is 23.5. The van der Waals surface area contributed by atoms with E-state index in [0.29, 0.717) is 22.6 Å². The Balaban J connectivity index is 1.57. The van der Waals surface area contributed by atoms with Crippen molar-refractivity contribution in [3.8, 4) is 5.75 Å². The molecule has 0 unspecified atom stereocenters. The molecule has 0 spiro atoms. The van der Waals surface area contributed by atoms with Crippen molar-refractivity contribution in [3.05, 3.63) is 95.6 Å². The van der Waals surface area contributed by atoms with Crippen molar-refractivity contribution in [1.82, 2.24) is 5.43 Å². The summed E-state index contributed by atoms with van der Waals surface area (Å²) in [5.41, 5.74) is 5.43. The number of carbonyl (C=O) groups is 2. The molecule has 3 aromatic rings. The van der Waals surface area contributed by atoms with E-state index in [0.717, 1.165) is 5.56 Å². The first kappa shape index (κ1) is 19.8. The van der Waals surface area contributed by atoms with E-state index < -0.39 is 0 Å². The molecule has 0 aromatic heterocycles. The van der Waals surface area contributed by atoms with Gasteiger partial charge >= 0.3 is 0 Å². The summed E-state index contributed by atoms with van der Waals surface area (Å²) in [5, 5.41) is 6.75. The number of ether oxygens (including phenoxy) is 1. The number of rotatable bonds is 7. The van der Waals surface area contributed by atoms with Gasteiger partial charge < -0.3 is 10.1 Å². The SMILES string of the molecule is Cc1ccc(C(=O)N/N=C/c2ccccc2OCC(=O)Nc2ccccc2)cc1. The Hall–Kier alpha value is -3.93. The molecule has 0 atom stereocenters. The summed E-state index contributed by atoms with van der Waals surface area (Å²) in [7, 11) is 0. The van der Waals surface area contributed by atoms with Crippen molar-refractivity contribution in [3.63, 3.8) is 0 Å². The van der Waals surface area contributed by atoms with Crippen LogP contribution in [0.25, 0.3) is 0 Å². The number of carbonyl (C=O) groups excluding carboxylic acids is 2. The summed E-state index contributed by atoms with van der Waals surface area (Å²) >= 11 is 0. The standard InChI is InChI=1S/C23H21N3O3/c1-17-11-13-18(14-12-17)23(28)26-24-15-19-7-5-6-10-21(19)29-16-22(27)25-20-8-3-2-4-9-20/h2-15H,16H2,1H3,(H,25,27)(H,26,28)/b24-15+. The number of hydrazone groups is 1. The number of hydrogen-bond donors (Lipinski definition) is 2. The fraction of sp³-hybridized carbons (Fsp3) is 0.0870. The van der Waals surface area contributed by atoms with Crippen LogP contribution in [0.2, 0.25) is 0 Å². The topological polar surface area (TPSA) is 79.8 Å². The lowest BCUT2D eigenvalue weighted by Gasteiger charge is -2.09. The highest BCUT2D eigenvalue weighted by molar-refractivity contribution is 5.95. The molecule has 3 rings (SSSR count). The molecule has 146 valence electrons. The van der Waals surface area contributed by atoms with Gasteiger partial charge in [0.1, 0.15) is 5.75 Å². The normalized spacial score (nSPS) is 10.5. The second kappa shape index (κ2) is 9.85. The minimum atomic E-state index is -0.304. The molecule has 6 heteroatoms. The van der Waals surface area contributed by atoms with Gasteiger partial charge in [-0.05, 0) is 43.3 Å². The fourth-order valence-corrected chi connectivity index (χ4v) is 2.51. The van der Waals surface area contributed by atoms with Crippen LogP contribution < -0.4 is 15.5 Å². The van der Waals surface area contributed by atoms with E-state index in [9.17, 15) is 9.59 Å². The van der Waals surface area contributed by atoms with Crippen LogP contribution in [0.4, 0.5) is 5.69 Å². The summed E-state index contributed by atoms with van der Waals surface area (Å²) in [5.74, 6) is -0.0819. The first-order valence-electron chi connectivity index (χ1n) is 9.08. The third-order valence-corrected chi connectivity index (χ3v) is 4.02. The third-order valence-electron chi connectivity index (χ3n) is 4.02. The molecule has 2 N–H and O–H groups in total. The van der Waals surface area contributed by atoms with Crippen LogP contribution in [-0.4, -0.2) is 24.6 Å². The lowest BCUT2D eigenvalue weighted by atomic mass is 10.1. The molecule has 3 aromatic carbocycles. The molecule has 0 bridgehead atoms. The second-order valence-electron chi connectivity index (χ2n) is 6.31. The Kier molecular flexibility index (Phi) is 6.73. The van der Waals surface area contributed by atoms with Crippen molar-refractivity contribution < 1.29 is 14.3 Å². The summed E-state index contributed by atoms with van der Waals surface area (Å²) in [4.78, 5) is 24.2. The zero-order valence-corrected chi connectivity index (χ0v) is 16.0. The Morgan fingerprint density at radius 3 is 2.38 bits per heavy atom. The van der Waals surface area contributed by atoms with E-state index in [2.05, 4.69) is 15.8 Å². The maximum absolute atomic E-state index is 12.1. The molecular weight excluding hydrogens is 366 g/mol. The van der Waals surface area contributed by atoms with Gasteiger partial charge in [-0.15, -0.1) is 0 Å². The van der Waals surface area contributed by atoms with Crippen LogP contribution in [0.15, 0.2) is 84.0 Å². The molecule has 0 aliphatic heterocycles. The van der Waals surface area contributed by atoms with Crippen LogP contribution in [-0.2, 0) is 4.79 Å². The van der Waals surface area contributed by atoms with Crippen LogP contribution >= 0.6 is 0 Å². The maximum Gasteiger partial charge on any atom is 0.271 e. The van der Waals surface area contributed by atoms with Crippen molar-refractivity contribution in [1.29, 1.82) is 0 Å². The Bertz CT molecular complexity index is 999. The van der Waals surface area contributed by atoms with Crippen molar-refractivity contribution in [2.75, 3.05) is 11.9 Å². The van der Waals surface area contributed by atoms with Crippen LogP contribution in [0, 0.1) is 6.92 Å². The zero-order valence-electron chi connectivity index (χ0n) is 16.0. The van der Waals surface area contributed by atoms with Gasteiger partial charge in [-0.1, -0.05) is 48.0 Å². The summed E-state index contributed by atoms with van der Waals surface area (Å²) in [6.07, 6.45) is 1.48. The molecule has 0 heterocycles. The van der Waals surface area contributed by atoms with Gasteiger partial charge in [-0.2, -0.15) is 5.10 Å². The van der Waals surface area contributed by atoms with E-state index >= 15 is 0 Å². The number of aryl methyl sites for hydroxylation is 1. The molecule has 0 fully saturated rings. The largest absolute Gasteiger partial charge is 0.483 e. The fourth-order valence-electron chi connectivity index (χ4n) is 2.51. The van der Waals surface area contributed by atoms with E-state index in [1.807, 2.05) is 43.3 Å². The van der Waals surface area contributed by atoms with Crippen molar-refractivity contribution in [2.45, 2.75) is 6.92 Å². The molecule has 0 radical (unpaired) electrons. The monoisotopic (exact) mass is 387 g/mol. The predicted octanol–water partition coefficient (Wildman–Crippen LogP) is 3.78.